The Morgan fingerprint density at radius 3 is 2.46 bits per heavy atom. The molecule has 2 aromatic rings. The van der Waals surface area contributed by atoms with Crippen molar-refractivity contribution in [1.29, 1.82) is 0 Å². The molecule has 1 aromatic heterocycles. The zero-order valence-electron chi connectivity index (χ0n) is 24.4. The van der Waals surface area contributed by atoms with Gasteiger partial charge in [-0.2, -0.15) is 8.78 Å². The minimum Gasteiger partial charge on any atom is -0.432 e. The monoisotopic (exact) mass is 613 g/mol. The molecule has 1 atom stereocenters. The van der Waals surface area contributed by atoms with Gasteiger partial charge in [0, 0.05) is 42.6 Å². The normalized spacial score (nSPS) is 18.8. The molecule has 0 bridgehead atoms. The Morgan fingerprint density at radius 1 is 1.20 bits per heavy atom. The number of alkyl halides is 2. The number of ether oxygens (including phenoxy) is 2. The number of carbonyl (C=O) groups is 1. The van der Waals surface area contributed by atoms with Crippen molar-refractivity contribution in [3.63, 3.8) is 0 Å². The second-order valence-corrected chi connectivity index (χ2v) is 14.5. The first-order valence-corrected chi connectivity index (χ1v) is 16.4. The van der Waals surface area contributed by atoms with Crippen LogP contribution in [0.4, 0.5) is 8.78 Å². The highest BCUT2D eigenvalue weighted by Crippen LogP contribution is 2.43. The summed E-state index contributed by atoms with van der Waals surface area (Å²) in [7, 11) is -3.16. The van der Waals surface area contributed by atoms with Gasteiger partial charge in [-0.25, -0.2) is 8.93 Å². The first kappa shape index (κ1) is 31.8. The first-order valence-electron chi connectivity index (χ1n) is 14.3. The zero-order valence-corrected chi connectivity index (χ0v) is 25.9. The van der Waals surface area contributed by atoms with Crippen LogP contribution in [0.1, 0.15) is 81.8 Å². The van der Waals surface area contributed by atoms with Gasteiger partial charge < -0.3 is 19.4 Å². The number of amides is 1. The van der Waals surface area contributed by atoms with Gasteiger partial charge in [0.1, 0.15) is 5.02 Å². The molecule has 2 N–H and O–H groups in total. The third-order valence-electron chi connectivity index (χ3n) is 7.70. The highest BCUT2D eigenvalue weighted by molar-refractivity contribution is 7.98. The van der Waals surface area contributed by atoms with Gasteiger partial charge in [-0.15, -0.1) is 0 Å². The van der Waals surface area contributed by atoms with E-state index in [0.29, 0.717) is 42.5 Å². The molecule has 1 aliphatic carbocycles. The average Bonchev–Trinajstić information content (AvgIpc) is 3.20. The fourth-order valence-corrected chi connectivity index (χ4v) is 8.17. The van der Waals surface area contributed by atoms with Crippen LogP contribution in [-0.2, 0) is 21.0 Å². The Bertz CT molecular complexity index is 1340. The molecule has 2 heterocycles. The summed E-state index contributed by atoms with van der Waals surface area (Å²) in [4.78, 5) is 13.6. The fourth-order valence-electron chi connectivity index (χ4n) is 5.81. The molecule has 7 nitrogen and oxygen atoms in total. The molecule has 0 spiro atoms. The van der Waals surface area contributed by atoms with Crippen molar-refractivity contribution in [2.75, 3.05) is 13.2 Å². The van der Waals surface area contributed by atoms with Crippen LogP contribution in [0.3, 0.4) is 0 Å². The Balaban J connectivity index is 1.82. The van der Waals surface area contributed by atoms with Gasteiger partial charge in [0.15, 0.2) is 5.75 Å². The summed E-state index contributed by atoms with van der Waals surface area (Å²) in [6.45, 7) is 6.01. The Labute approximate surface area is 247 Å². The molecule has 228 valence electrons. The lowest BCUT2D eigenvalue weighted by Gasteiger charge is -2.26. The number of rotatable bonds is 9. The van der Waals surface area contributed by atoms with Gasteiger partial charge in [-0.05, 0) is 83.4 Å². The molecule has 41 heavy (non-hydrogen) atoms. The standard InChI is InChI=1S/C30H42ClF2N3O4S/c1-19-23(28(37)34-21-13-15-39-16-14-21)17-24(36(19)18-20-9-7-6-8-10-20)22-11-12-25(26(31)27(22)40-29(32)33)41(5,38)35-30(2,3)4/h11-12,17,20-21,29H,5-10,13-16,18H2,1-4H3,(H,34,37)(H,35,38). The summed E-state index contributed by atoms with van der Waals surface area (Å²) in [6.07, 6.45) is 7.05. The first-order chi connectivity index (χ1) is 19.3. The summed E-state index contributed by atoms with van der Waals surface area (Å²) in [5, 5.41) is 2.92. The van der Waals surface area contributed by atoms with Crippen molar-refractivity contribution >= 4 is 33.1 Å². The van der Waals surface area contributed by atoms with Crippen molar-refractivity contribution < 1.29 is 27.3 Å². The largest absolute Gasteiger partial charge is 0.432 e. The maximum absolute atomic E-state index is 13.8. The van der Waals surface area contributed by atoms with Crippen molar-refractivity contribution in [2.24, 2.45) is 5.92 Å². The third kappa shape index (κ3) is 7.83. The summed E-state index contributed by atoms with van der Waals surface area (Å²) >= 11 is 6.69. The van der Waals surface area contributed by atoms with E-state index in [-0.39, 0.29) is 27.6 Å². The molecule has 1 aromatic carbocycles. The molecular formula is C30H42ClF2N3O4S. The lowest BCUT2D eigenvalue weighted by atomic mass is 9.89. The van der Waals surface area contributed by atoms with E-state index in [1.165, 1.54) is 6.42 Å². The molecule has 1 aliphatic heterocycles. The number of nitrogens with one attached hydrogen (secondary N) is 2. The number of carbonyl (C=O) groups excluding carboxylic acids is 1. The number of halogens is 3. The lowest BCUT2D eigenvalue weighted by Crippen LogP contribution is -2.40. The van der Waals surface area contributed by atoms with Crippen LogP contribution in [-0.4, -0.2) is 52.0 Å². The van der Waals surface area contributed by atoms with E-state index in [2.05, 4.69) is 15.9 Å². The van der Waals surface area contributed by atoms with E-state index < -0.39 is 21.9 Å². The van der Waals surface area contributed by atoms with Crippen molar-refractivity contribution in [1.82, 2.24) is 14.6 Å². The van der Waals surface area contributed by atoms with E-state index in [1.54, 1.807) is 18.2 Å². The van der Waals surface area contributed by atoms with E-state index in [1.807, 2.05) is 32.3 Å². The minimum absolute atomic E-state index is 0.00720. The summed E-state index contributed by atoms with van der Waals surface area (Å²) in [5.41, 5.74) is 1.49. The van der Waals surface area contributed by atoms with Crippen LogP contribution in [0.15, 0.2) is 23.1 Å². The van der Waals surface area contributed by atoms with E-state index >= 15 is 0 Å². The molecule has 1 unspecified atom stereocenters. The van der Waals surface area contributed by atoms with Gasteiger partial charge in [-0.3, -0.25) is 4.79 Å². The van der Waals surface area contributed by atoms with Crippen LogP contribution < -0.4 is 14.8 Å². The number of nitrogens with zero attached hydrogens (tertiary/aromatic N) is 1. The van der Waals surface area contributed by atoms with Gasteiger partial charge >= 0.3 is 6.61 Å². The highest BCUT2D eigenvalue weighted by Gasteiger charge is 2.29. The SMILES string of the molecule is C=S(=O)(NC(C)(C)C)c1ccc(-c2cc(C(=O)NC3CCOCC3)c(C)n2CC2CCCCC2)c(OC(F)F)c1Cl. The van der Waals surface area contributed by atoms with Crippen LogP contribution in [0.5, 0.6) is 5.75 Å². The Hall–Kier alpha value is -2.14. The number of aromatic nitrogens is 1. The van der Waals surface area contributed by atoms with E-state index in [4.69, 9.17) is 21.1 Å². The van der Waals surface area contributed by atoms with E-state index in [9.17, 15) is 17.8 Å². The predicted molar refractivity (Wildman–Crippen MR) is 161 cm³/mol. The molecule has 4 rings (SSSR count). The molecule has 2 aliphatic rings. The van der Waals surface area contributed by atoms with Crippen LogP contribution in [0.25, 0.3) is 11.3 Å². The summed E-state index contributed by atoms with van der Waals surface area (Å²) in [5.74, 6) is 3.71. The highest BCUT2D eigenvalue weighted by atomic mass is 35.5. The van der Waals surface area contributed by atoms with Crippen molar-refractivity contribution in [3.05, 3.63) is 34.5 Å². The number of hydrogen-bond acceptors (Lipinski definition) is 4. The van der Waals surface area contributed by atoms with Gasteiger partial charge in [-0.1, -0.05) is 30.9 Å². The molecule has 2 fully saturated rings. The van der Waals surface area contributed by atoms with Crippen molar-refractivity contribution in [2.45, 2.75) is 102 Å². The maximum atomic E-state index is 13.8. The molecule has 1 amide bonds. The molecule has 1 saturated carbocycles. The van der Waals surface area contributed by atoms with Gasteiger partial charge in [0.2, 0.25) is 0 Å². The lowest BCUT2D eigenvalue weighted by molar-refractivity contribution is -0.0495. The second kappa shape index (κ2) is 13.0. The van der Waals surface area contributed by atoms with Crippen LogP contribution >= 0.6 is 11.6 Å². The summed E-state index contributed by atoms with van der Waals surface area (Å²) < 4.78 is 56.5. The molecule has 11 heteroatoms. The van der Waals surface area contributed by atoms with Gasteiger partial charge in [0.05, 0.1) is 25.9 Å². The zero-order chi connectivity index (χ0) is 29.9. The Morgan fingerprint density at radius 2 is 1.85 bits per heavy atom. The quantitative estimate of drug-likeness (QED) is 0.313. The van der Waals surface area contributed by atoms with Crippen molar-refractivity contribution in [3.8, 4) is 17.0 Å². The average molecular weight is 614 g/mol. The third-order valence-corrected chi connectivity index (χ3v) is 10.2. The molecule has 1 saturated heterocycles. The number of hydrogen-bond donors (Lipinski definition) is 2. The van der Waals surface area contributed by atoms with E-state index in [0.717, 1.165) is 44.2 Å². The molecule has 0 radical (unpaired) electrons. The van der Waals surface area contributed by atoms with Gasteiger partial charge in [0.25, 0.3) is 5.91 Å². The maximum Gasteiger partial charge on any atom is 0.387 e. The molecular weight excluding hydrogens is 572 g/mol. The van der Waals surface area contributed by atoms with Crippen LogP contribution in [0.2, 0.25) is 5.02 Å². The minimum atomic E-state index is -3.17. The number of benzene rings is 1. The predicted octanol–water partition coefficient (Wildman–Crippen LogP) is 6.59. The second-order valence-electron chi connectivity index (χ2n) is 12.2. The van der Waals surface area contributed by atoms with Crippen LogP contribution in [0, 0.1) is 12.8 Å². The fraction of sp³-hybridized carbons (Fsp3) is 0.600. The Kier molecular flexibility index (Phi) is 10.1. The smallest absolute Gasteiger partial charge is 0.387 e. The summed E-state index contributed by atoms with van der Waals surface area (Å²) in [6, 6.07) is 4.86. The topological polar surface area (TPSA) is 81.6 Å².